The lowest BCUT2D eigenvalue weighted by molar-refractivity contribution is -0.384. The van der Waals surface area contributed by atoms with Gasteiger partial charge < -0.3 is 5.11 Å². The van der Waals surface area contributed by atoms with E-state index >= 15 is 0 Å². The Morgan fingerprint density at radius 2 is 1.86 bits per heavy atom. The van der Waals surface area contributed by atoms with Gasteiger partial charge in [-0.15, -0.1) is 0 Å². The average Bonchev–Trinajstić information content (AvgIpc) is 2.63. The monoisotopic (exact) mass is 421 g/mol. The number of hydrogen-bond acceptors (Lipinski definition) is 7. The number of non-ortho nitro benzene ring substituents is 1. The second kappa shape index (κ2) is 7.42. The van der Waals surface area contributed by atoms with Crippen molar-refractivity contribution in [2.45, 2.75) is 27.7 Å². The van der Waals surface area contributed by atoms with E-state index in [0.29, 0.717) is 5.69 Å². The van der Waals surface area contributed by atoms with Crippen molar-refractivity contribution < 1.29 is 28.8 Å². The predicted molar refractivity (Wildman–Crippen MR) is 107 cm³/mol. The van der Waals surface area contributed by atoms with Gasteiger partial charge in [0.15, 0.2) is 0 Å². The fraction of sp³-hybridized carbons (Fsp3) is 0.368. The number of nitro groups is 1. The average molecular weight is 421 g/mol. The summed E-state index contributed by atoms with van der Waals surface area (Å²) in [6, 6.07) is 5.59. The molecule has 0 saturated carbocycles. The van der Waals surface area contributed by atoms with E-state index in [-0.39, 0.29) is 52.0 Å². The molecule has 2 aromatic rings. The molecule has 29 heavy (non-hydrogen) atoms. The van der Waals surface area contributed by atoms with Crippen LogP contribution in [0.5, 0.6) is 0 Å². The normalized spacial score (nSPS) is 17.7. The van der Waals surface area contributed by atoms with Gasteiger partial charge in [0.2, 0.25) is 5.30 Å². The molecule has 0 radical (unpaired) electrons. The summed E-state index contributed by atoms with van der Waals surface area (Å²) in [5.41, 5.74) is 0.297. The summed E-state index contributed by atoms with van der Waals surface area (Å²) in [6.45, 7) is 7.42. The zero-order chi connectivity index (χ0) is 21.6. The summed E-state index contributed by atoms with van der Waals surface area (Å²) in [6.07, 6.45) is 0. The molecule has 0 unspecified atom stereocenters. The number of rotatable bonds is 4. The van der Waals surface area contributed by atoms with E-state index in [1.807, 2.05) is 13.8 Å². The van der Waals surface area contributed by atoms with Gasteiger partial charge in [0.25, 0.3) is 5.69 Å². The molecule has 1 fully saturated rings. The molecule has 9 nitrogen and oxygen atoms in total. The van der Waals surface area contributed by atoms with Crippen molar-refractivity contribution >= 4 is 24.9 Å². The highest BCUT2D eigenvalue weighted by Gasteiger charge is 2.54. The third-order valence-corrected chi connectivity index (χ3v) is 6.70. The number of pyridine rings is 1. The fourth-order valence-corrected chi connectivity index (χ4v) is 5.60. The third kappa shape index (κ3) is 4.00. The second-order valence-corrected chi connectivity index (χ2v) is 9.73. The number of aryl methyl sites for hydroxylation is 2. The molecule has 0 aliphatic carbocycles. The van der Waals surface area contributed by atoms with Crippen molar-refractivity contribution in [1.29, 1.82) is 0 Å². The number of carbonyl (C=O) groups is 1. The molecular weight excluding hydrogens is 399 g/mol. The van der Waals surface area contributed by atoms with Crippen LogP contribution in [0.25, 0.3) is 11.1 Å². The van der Waals surface area contributed by atoms with Crippen LogP contribution >= 0.6 is 7.94 Å². The highest BCUT2D eigenvalue weighted by molar-refractivity contribution is 7.69. The smallest absolute Gasteiger partial charge is 0.448 e. The zero-order valence-electron chi connectivity index (χ0n) is 16.5. The van der Waals surface area contributed by atoms with Crippen LogP contribution in [0, 0.1) is 29.4 Å². The summed E-state index contributed by atoms with van der Waals surface area (Å²) in [4.78, 5) is 38.3. The van der Waals surface area contributed by atoms with Gasteiger partial charge in [0.1, 0.15) is 13.2 Å². The summed E-state index contributed by atoms with van der Waals surface area (Å²) < 4.78 is 11.5. The quantitative estimate of drug-likeness (QED) is 0.436. The number of aromatic nitrogens is 1. The molecule has 2 N–H and O–H groups in total. The van der Waals surface area contributed by atoms with Crippen molar-refractivity contribution in [2.75, 3.05) is 13.2 Å². The molecule has 1 saturated heterocycles. The minimum absolute atomic E-state index is 0.127. The van der Waals surface area contributed by atoms with Crippen molar-refractivity contribution in [1.82, 2.24) is 4.98 Å². The van der Waals surface area contributed by atoms with Crippen molar-refractivity contribution in [2.24, 2.45) is 5.41 Å². The Labute approximate surface area is 168 Å². The minimum Gasteiger partial charge on any atom is -0.478 e. The molecule has 1 aliphatic rings. The van der Waals surface area contributed by atoms with Gasteiger partial charge in [-0.05, 0) is 19.4 Å². The Bertz CT molecular complexity index is 996. The number of benzene rings is 1. The molecule has 1 aromatic heterocycles. The van der Waals surface area contributed by atoms with Crippen LogP contribution in [0.4, 0.5) is 5.69 Å². The zero-order valence-corrected chi connectivity index (χ0v) is 17.4. The molecule has 3 rings (SSSR count). The molecule has 0 bridgehead atoms. The largest absolute Gasteiger partial charge is 0.478 e. The Hall–Kier alpha value is -2.45. The Morgan fingerprint density at radius 1 is 1.24 bits per heavy atom. The Morgan fingerprint density at radius 3 is 2.41 bits per heavy atom. The highest BCUT2D eigenvalue weighted by Crippen LogP contribution is 2.62. The molecule has 1 aliphatic heterocycles. The molecule has 2 heterocycles. The van der Waals surface area contributed by atoms with Crippen molar-refractivity contribution in [3.63, 3.8) is 0 Å². The topological polar surface area (TPSA) is 132 Å². The number of aromatic carboxylic acids is 1. The molecule has 10 heteroatoms. The molecule has 0 spiro atoms. The van der Waals surface area contributed by atoms with Gasteiger partial charge in [-0.2, -0.15) is 13.9 Å². The van der Waals surface area contributed by atoms with Gasteiger partial charge in [-0.1, -0.05) is 26.0 Å². The van der Waals surface area contributed by atoms with Crippen molar-refractivity contribution in [3.05, 3.63) is 51.3 Å². The second-order valence-electron chi connectivity index (χ2n) is 7.73. The van der Waals surface area contributed by atoms with Gasteiger partial charge in [-0.25, -0.2) is 4.79 Å². The SMILES string of the molecule is Cc1nc(C)c([P+]2(O)OCC(C)(C)CO2)c(-c2cccc([N+](=O)[O-])c2)c1C(=O)O. The summed E-state index contributed by atoms with van der Waals surface area (Å²) in [5, 5.41) is 21.2. The van der Waals surface area contributed by atoms with Crippen molar-refractivity contribution in [3.8, 4) is 11.1 Å². The third-order valence-electron chi connectivity index (χ3n) is 4.63. The van der Waals surface area contributed by atoms with Crippen LogP contribution in [0.15, 0.2) is 24.3 Å². The lowest BCUT2D eigenvalue weighted by Gasteiger charge is -2.32. The van der Waals surface area contributed by atoms with Gasteiger partial charge in [-0.3, -0.25) is 15.1 Å². The first-order valence-corrected chi connectivity index (χ1v) is 10.4. The van der Waals surface area contributed by atoms with Crippen LogP contribution in [-0.2, 0) is 9.05 Å². The highest BCUT2D eigenvalue weighted by atomic mass is 31.2. The lowest BCUT2D eigenvalue weighted by atomic mass is 9.97. The number of nitrogens with zero attached hydrogens (tertiary/aromatic N) is 2. The van der Waals surface area contributed by atoms with Gasteiger partial charge in [0, 0.05) is 17.5 Å². The molecular formula is C19H22N2O7P+. The molecule has 0 atom stereocenters. The van der Waals surface area contributed by atoms with E-state index in [9.17, 15) is 24.9 Å². The summed E-state index contributed by atoms with van der Waals surface area (Å²) >= 11 is 0. The molecule has 154 valence electrons. The van der Waals surface area contributed by atoms with E-state index in [1.165, 1.54) is 25.1 Å². The maximum Gasteiger partial charge on any atom is 0.448 e. The number of nitro benzene ring substituents is 1. The van der Waals surface area contributed by atoms with E-state index in [0.717, 1.165) is 0 Å². The summed E-state index contributed by atoms with van der Waals surface area (Å²) in [7, 11) is -3.66. The number of carboxylic acid groups (broad SMARTS) is 1. The minimum atomic E-state index is -3.66. The van der Waals surface area contributed by atoms with Gasteiger partial charge in [0.05, 0.1) is 27.4 Å². The maximum atomic E-state index is 12.1. The first kappa shape index (κ1) is 21.3. The van der Waals surface area contributed by atoms with Crippen LogP contribution < -0.4 is 5.30 Å². The van der Waals surface area contributed by atoms with E-state index in [1.54, 1.807) is 13.0 Å². The fourth-order valence-electron chi connectivity index (χ4n) is 3.24. The lowest BCUT2D eigenvalue weighted by Crippen LogP contribution is -2.36. The van der Waals surface area contributed by atoms with E-state index < -0.39 is 18.8 Å². The first-order chi connectivity index (χ1) is 13.4. The number of hydrogen-bond donors (Lipinski definition) is 2. The molecule has 0 amide bonds. The predicted octanol–water partition coefficient (Wildman–Crippen LogP) is 3.43. The standard InChI is InChI=1S/C19H21N2O7P/c1-11-15(18(22)23)16(13-6-5-7-14(8-13)21(24)25)17(12(2)20-11)29(26)27-9-19(3,4)10-28-29/h5-8,26H,9-10H2,1-4H3/p+1. The Kier molecular flexibility index (Phi) is 5.44. The van der Waals surface area contributed by atoms with Crippen LogP contribution in [0.3, 0.4) is 0 Å². The first-order valence-electron chi connectivity index (χ1n) is 8.86. The molecule has 1 aromatic carbocycles. The van der Waals surface area contributed by atoms with Crippen LogP contribution in [0.2, 0.25) is 0 Å². The van der Waals surface area contributed by atoms with Crippen LogP contribution in [0.1, 0.15) is 35.6 Å². The summed E-state index contributed by atoms with van der Waals surface area (Å²) in [5.74, 6) is -1.26. The maximum absolute atomic E-state index is 12.1. The van der Waals surface area contributed by atoms with E-state index in [2.05, 4.69) is 4.98 Å². The number of carboxylic acids is 1. The van der Waals surface area contributed by atoms with Gasteiger partial charge >= 0.3 is 13.9 Å². The Balaban J connectivity index is 2.32. The van der Waals surface area contributed by atoms with Crippen LogP contribution in [-0.4, -0.2) is 39.1 Å². The van der Waals surface area contributed by atoms with E-state index in [4.69, 9.17) is 9.05 Å².